The third-order valence-corrected chi connectivity index (χ3v) is 4.96. The molecule has 0 radical (unpaired) electrons. The van der Waals surface area contributed by atoms with Gasteiger partial charge in [-0.25, -0.2) is 19.7 Å². The van der Waals surface area contributed by atoms with Gasteiger partial charge in [-0.1, -0.05) is 0 Å². The van der Waals surface area contributed by atoms with Crippen LogP contribution in [0.2, 0.25) is 0 Å². The third kappa shape index (κ3) is 3.91. The minimum Gasteiger partial charge on any atom is -0.497 e. The zero-order valence-electron chi connectivity index (χ0n) is 17.1. The summed E-state index contributed by atoms with van der Waals surface area (Å²) in [6, 6.07) is 6.20. The summed E-state index contributed by atoms with van der Waals surface area (Å²) in [6.07, 6.45) is -2.69. The summed E-state index contributed by atoms with van der Waals surface area (Å²) in [5.41, 5.74) is 0.996. The Morgan fingerprint density at radius 2 is 1.84 bits per heavy atom. The van der Waals surface area contributed by atoms with Crippen molar-refractivity contribution in [3.05, 3.63) is 36.9 Å². The molecule has 3 heterocycles. The number of amides is 3. The summed E-state index contributed by atoms with van der Waals surface area (Å²) in [5, 5.41) is 28.2. The van der Waals surface area contributed by atoms with Crippen molar-refractivity contribution in [3.8, 4) is 5.75 Å². The van der Waals surface area contributed by atoms with Gasteiger partial charge in [0.2, 0.25) is 0 Å². The highest BCUT2D eigenvalue weighted by Crippen LogP contribution is 2.32. The lowest BCUT2D eigenvalue weighted by molar-refractivity contribution is -0.137. The smallest absolute Gasteiger partial charge is 0.324 e. The number of anilines is 2. The van der Waals surface area contributed by atoms with Crippen LogP contribution in [0, 0.1) is 0 Å². The fourth-order valence-electron chi connectivity index (χ4n) is 3.32. The van der Waals surface area contributed by atoms with Crippen LogP contribution in [-0.4, -0.2) is 74.1 Å². The van der Waals surface area contributed by atoms with E-state index in [9.17, 15) is 19.8 Å². The summed E-state index contributed by atoms with van der Waals surface area (Å²) in [5.74, 6) is 0.199. The maximum absolute atomic E-state index is 12.4. The van der Waals surface area contributed by atoms with Crippen molar-refractivity contribution in [1.82, 2.24) is 24.8 Å². The van der Waals surface area contributed by atoms with Gasteiger partial charge in [0.15, 0.2) is 29.3 Å². The Labute approximate surface area is 181 Å². The van der Waals surface area contributed by atoms with E-state index in [0.29, 0.717) is 11.4 Å². The first-order chi connectivity index (χ1) is 15.4. The molecule has 13 nitrogen and oxygen atoms in total. The van der Waals surface area contributed by atoms with E-state index in [1.165, 1.54) is 24.3 Å². The molecule has 4 unspecified atom stereocenters. The van der Waals surface area contributed by atoms with Crippen molar-refractivity contribution in [2.24, 2.45) is 0 Å². The fourth-order valence-corrected chi connectivity index (χ4v) is 3.32. The molecule has 3 aromatic rings. The van der Waals surface area contributed by atoms with Crippen LogP contribution in [0.5, 0.6) is 5.75 Å². The average molecular weight is 443 g/mol. The molecule has 2 aromatic heterocycles. The van der Waals surface area contributed by atoms with Crippen LogP contribution in [0.4, 0.5) is 16.3 Å². The Hall–Kier alpha value is -3.81. The molecule has 1 saturated heterocycles. The number of methoxy groups -OCH3 is 1. The van der Waals surface area contributed by atoms with Crippen LogP contribution < -0.4 is 20.7 Å². The molecule has 4 atom stereocenters. The first kappa shape index (κ1) is 21.4. The van der Waals surface area contributed by atoms with Crippen LogP contribution in [0.15, 0.2) is 36.9 Å². The van der Waals surface area contributed by atoms with E-state index in [-0.39, 0.29) is 17.0 Å². The lowest BCUT2D eigenvalue weighted by Gasteiger charge is -2.16. The Bertz CT molecular complexity index is 1130. The Balaban J connectivity index is 1.54. The molecule has 168 valence electrons. The van der Waals surface area contributed by atoms with Crippen molar-refractivity contribution < 1.29 is 29.3 Å². The van der Waals surface area contributed by atoms with E-state index < -0.39 is 36.5 Å². The molecule has 1 aliphatic heterocycles. The number of nitrogens with zero attached hydrogens (tertiary/aromatic N) is 4. The zero-order chi connectivity index (χ0) is 22.8. The van der Waals surface area contributed by atoms with Crippen LogP contribution in [0.25, 0.3) is 11.2 Å². The number of likely N-dealkylation sites (N-methyl/N-ethyl adjacent to an activating group) is 1. The largest absolute Gasteiger partial charge is 0.497 e. The van der Waals surface area contributed by atoms with Gasteiger partial charge in [0.25, 0.3) is 5.91 Å². The minimum absolute atomic E-state index is 0.121. The molecule has 3 amide bonds. The first-order valence-corrected chi connectivity index (χ1v) is 9.55. The molecule has 1 aromatic carbocycles. The van der Waals surface area contributed by atoms with Gasteiger partial charge in [-0.15, -0.1) is 0 Å². The SMILES string of the molecule is CNC(=O)C1OC(n2cnc3c(NC(=O)Nc4ccc(OC)cc4)ncnc32)C(O)C1O. The van der Waals surface area contributed by atoms with Gasteiger partial charge >= 0.3 is 6.03 Å². The van der Waals surface area contributed by atoms with E-state index in [1.807, 2.05) is 0 Å². The van der Waals surface area contributed by atoms with E-state index in [4.69, 9.17) is 9.47 Å². The zero-order valence-corrected chi connectivity index (χ0v) is 17.1. The number of nitrogens with one attached hydrogen (secondary N) is 3. The Kier molecular flexibility index (Phi) is 5.85. The summed E-state index contributed by atoms with van der Waals surface area (Å²) < 4.78 is 12.0. The van der Waals surface area contributed by atoms with Crippen molar-refractivity contribution >= 4 is 34.6 Å². The number of ether oxygens (including phenoxy) is 2. The summed E-state index contributed by atoms with van der Waals surface area (Å²) >= 11 is 0. The number of urea groups is 1. The van der Waals surface area contributed by atoms with Crippen LogP contribution in [0.3, 0.4) is 0 Å². The predicted octanol–water partition coefficient (Wildman–Crippen LogP) is -0.156. The highest BCUT2D eigenvalue weighted by Gasteiger charge is 2.47. The molecular weight excluding hydrogens is 422 g/mol. The van der Waals surface area contributed by atoms with Crippen molar-refractivity contribution in [1.29, 1.82) is 0 Å². The first-order valence-electron chi connectivity index (χ1n) is 9.55. The van der Waals surface area contributed by atoms with E-state index >= 15 is 0 Å². The number of benzene rings is 1. The fraction of sp³-hybridized carbons (Fsp3) is 0.316. The molecule has 1 fully saturated rings. The van der Waals surface area contributed by atoms with Gasteiger partial charge in [0.1, 0.15) is 24.3 Å². The number of carbonyl (C=O) groups excluding carboxylic acids is 2. The second-order valence-corrected chi connectivity index (χ2v) is 6.90. The Morgan fingerprint density at radius 3 is 2.53 bits per heavy atom. The Morgan fingerprint density at radius 1 is 1.09 bits per heavy atom. The van der Waals surface area contributed by atoms with E-state index in [0.717, 1.165) is 0 Å². The average Bonchev–Trinajstić information content (AvgIpc) is 3.35. The lowest BCUT2D eigenvalue weighted by atomic mass is 10.1. The standard InChI is InChI=1S/C19H21N7O6/c1-20-17(29)14-12(27)13(28)18(32-14)26-8-23-11-15(21-7-22-16(11)26)25-19(30)24-9-3-5-10(31-2)6-4-9/h3-8,12-14,18,27-28H,1-2H3,(H,20,29)(H2,21,22,24,25,30). The van der Waals surface area contributed by atoms with Crippen molar-refractivity contribution in [2.75, 3.05) is 24.8 Å². The summed E-state index contributed by atoms with van der Waals surface area (Å²) in [4.78, 5) is 36.7. The van der Waals surface area contributed by atoms with Gasteiger partial charge in [0, 0.05) is 12.7 Å². The number of rotatable bonds is 5. The second kappa shape index (κ2) is 8.74. The number of carbonyl (C=O) groups is 2. The molecular formula is C19H21N7O6. The second-order valence-electron chi connectivity index (χ2n) is 6.90. The van der Waals surface area contributed by atoms with Crippen LogP contribution >= 0.6 is 0 Å². The van der Waals surface area contributed by atoms with Crippen molar-refractivity contribution in [3.63, 3.8) is 0 Å². The molecule has 0 bridgehead atoms. The molecule has 4 rings (SSSR count). The number of aromatic nitrogens is 4. The molecule has 13 heteroatoms. The van der Waals surface area contributed by atoms with Crippen LogP contribution in [0.1, 0.15) is 6.23 Å². The number of hydrogen-bond acceptors (Lipinski definition) is 9. The number of hydrogen-bond donors (Lipinski definition) is 5. The van der Waals surface area contributed by atoms with Crippen LogP contribution in [-0.2, 0) is 9.53 Å². The van der Waals surface area contributed by atoms with Gasteiger partial charge < -0.3 is 30.3 Å². The quantitative estimate of drug-likeness (QED) is 0.359. The lowest BCUT2D eigenvalue weighted by Crippen LogP contribution is -2.41. The van der Waals surface area contributed by atoms with Crippen molar-refractivity contribution in [2.45, 2.75) is 24.5 Å². The summed E-state index contributed by atoms with van der Waals surface area (Å²) in [7, 11) is 2.94. The number of fused-ring (bicyclic) bond motifs is 1. The monoisotopic (exact) mass is 443 g/mol. The molecule has 1 aliphatic rings. The van der Waals surface area contributed by atoms with Gasteiger partial charge in [-0.05, 0) is 24.3 Å². The topological polar surface area (TPSA) is 173 Å². The summed E-state index contributed by atoms with van der Waals surface area (Å²) in [6.45, 7) is 0. The number of aliphatic hydroxyl groups excluding tert-OH is 2. The minimum atomic E-state index is -1.44. The molecule has 0 saturated carbocycles. The van der Waals surface area contributed by atoms with Gasteiger partial charge in [-0.3, -0.25) is 14.7 Å². The number of aliphatic hydroxyl groups is 2. The molecule has 5 N–H and O–H groups in total. The normalized spacial score (nSPS) is 22.5. The highest BCUT2D eigenvalue weighted by molar-refractivity contribution is 6.02. The molecule has 0 aliphatic carbocycles. The van der Waals surface area contributed by atoms with E-state index in [2.05, 4.69) is 30.9 Å². The number of imidazole rings is 1. The maximum atomic E-state index is 12.4. The maximum Gasteiger partial charge on any atom is 0.324 e. The van der Waals surface area contributed by atoms with E-state index in [1.54, 1.807) is 31.4 Å². The third-order valence-electron chi connectivity index (χ3n) is 4.96. The van der Waals surface area contributed by atoms with Gasteiger partial charge in [-0.2, -0.15) is 0 Å². The molecule has 32 heavy (non-hydrogen) atoms. The highest BCUT2D eigenvalue weighted by atomic mass is 16.6. The van der Waals surface area contributed by atoms with Gasteiger partial charge in [0.05, 0.1) is 13.4 Å². The molecule has 0 spiro atoms. The predicted molar refractivity (Wildman–Crippen MR) is 111 cm³/mol.